The Morgan fingerprint density at radius 1 is 0.739 bits per heavy atom. The fraction of sp³-hybridized carbons (Fsp3) is 0.762. The van der Waals surface area contributed by atoms with E-state index in [4.69, 9.17) is 4.74 Å². The molecular weight excluding hydrogens is 284 g/mol. The van der Waals surface area contributed by atoms with Gasteiger partial charge >= 0.3 is 5.97 Å². The van der Waals surface area contributed by atoms with Crippen LogP contribution in [-0.4, -0.2) is 12.6 Å². The van der Waals surface area contributed by atoms with Crippen LogP contribution in [0.3, 0.4) is 0 Å². The molecule has 0 aromatic rings. The molecule has 2 heteroatoms. The zero-order valence-corrected chi connectivity index (χ0v) is 15.5. The molecule has 0 aromatic carbocycles. The van der Waals surface area contributed by atoms with Crippen molar-refractivity contribution in [3.8, 4) is 0 Å². The van der Waals surface area contributed by atoms with Gasteiger partial charge in [0.05, 0.1) is 6.61 Å². The summed E-state index contributed by atoms with van der Waals surface area (Å²) in [5, 5.41) is 0. The van der Waals surface area contributed by atoms with Crippen LogP contribution in [0, 0.1) is 0 Å². The van der Waals surface area contributed by atoms with Crippen LogP contribution in [0.1, 0.15) is 97.3 Å². The molecule has 0 fully saturated rings. The Balaban J connectivity index is 3.20. The van der Waals surface area contributed by atoms with Crippen LogP contribution in [0.25, 0.3) is 0 Å². The Morgan fingerprint density at radius 3 is 1.91 bits per heavy atom. The van der Waals surface area contributed by atoms with Gasteiger partial charge in [0.25, 0.3) is 0 Å². The zero-order chi connectivity index (χ0) is 17.0. The van der Waals surface area contributed by atoms with Crippen LogP contribution in [0.5, 0.6) is 0 Å². The van der Waals surface area contributed by atoms with Gasteiger partial charge in [0.2, 0.25) is 0 Å². The second-order valence-electron chi connectivity index (χ2n) is 6.14. The third-order valence-corrected chi connectivity index (χ3v) is 3.89. The van der Waals surface area contributed by atoms with E-state index in [1.54, 1.807) is 0 Å². The van der Waals surface area contributed by atoms with E-state index >= 15 is 0 Å². The Hall–Kier alpha value is -1.05. The summed E-state index contributed by atoms with van der Waals surface area (Å²) >= 11 is 0. The summed E-state index contributed by atoms with van der Waals surface area (Å²) in [6.07, 6.45) is 24.5. The summed E-state index contributed by atoms with van der Waals surface area (Å²) in [7, 11) is 0. The molecule has 0 heterocycles. The maximum atomic E-state index is 11.2. The standard InChI is InChI=1S/C21H38O2/c1-3-5-6-7-8-9-10-11-12-13-14-15-16-17-18-19-20-21(22)23-4-2/h8-9,11-12H,3-7,10,13-20H2,1-2H3/b9-8-,12-11-. The van der Waals surface area contributed by atoms with Crippen molar-refractivity contribution < 1.29 is 9.53 Å². The molecule has 2 nitrogen and oxygen atoms in total. The SMILES string of the molecule is CCCCC/C=C\C/C=C\CCCCCCCCC(=O)OCC. The minimum atomic E-state index is -0.0444. The van der Waals surface area contributed by atoms with Gasteiger partial charge in [-0.15, -0.1) is 0 Å². The van der Waals surface area contributed by atoms with E-state index in [-0.39, 0.29) is 5.97 Å². The molecule has 134 valence electrons. The molecular formula is C21H38O2. The van der Waals surface area contributed by atoms with Crippen molar-refractivity contribution in [2.45, 2.75) is 97.3 Å². The van der Waals surface area contributed by atoms with Crippen molar-refractivity contribution in [3.63, 3.8) is 0 Å². The van der Waals surface area contributed by atoms with Crippen LogP contribution >= 0.6 is 0 Å². The van der Waals surface area contributed by atoms with Crippen molar-refractivity contribution in [1.82, 2.24) is 0 Å². The van der Waals surface area contributed by atoms with Gasteiger partial charge < -0.3 is 4.74 Å². The van der Waals surface area contributed by atoms with Crippen LogP contribution in [0.2, 0.25) is 0 Å². The van der Waals surface area contributed by atoms with Crippen molar-refractivity contribution in [3.05, 3.63) is 24.3 Å². The third-order valence-electron chi connectivity index (χ3n) is 3.89. The number of carbonyl (C=O) groups excluding carboxylic acids is 1. The quantitative estimate of drug-likeness (QED) is 0.178. The summed E-state index contributed by atoms with van der Waals surface area (Å²) in [6.45, 7) is 4.60. The Bertz CT molecular complexity index is 305. The summed E-state index contributed by atoms with van der Waals surface area (Å²) in [4.78, 5) is 11.2. The number of ether oxygens (including phenoxy) is 1. The highest BCUT2D eigenvalue weighted by Crippen LogP contribution is 2.09. The summed E-state index contributed by atoms with van der Waals surface area (Å²) < 4.78 is 4.91. The van der Waals surface area contributed by atoms with Crippen LogP contribution < -0.4 is 0 Å². The molecule has 0 saturated heterocycles. The smallest absolute Gasteiger partial charge is 0.305 e. The predicted octanol–water partition coefficient (Wildman–Crippen LogP) is 6.75. The van der Waals surface area contributed by atoms with Crippen LogP contribution in [0.15, 0.2) is 24.3 Å². The maximum Gasteiger partial charge on any atom is 0.305 e. The molecule has 0 atom stereocenters. The van der Waals surface area contributed by atoms with E-state index in [1.165, 1.54) is 57.8 Å². The van der Waals surface area contributed by atoms with E-state index in [9.17, 15) is 4.79 Å². The predicted molar refractivity (Wildman–Crippen MR) is 101 cm³/mol. The number of unbranched alkanes of at least 4 members (excludes halogenated alkanes) is 9. The average Bonchev–Trinajstić information content (AvgIpc) is 2.54. The number of hydrogen-bond donors (Lipinski definition) is 0. The largest absolute Gasteiger partial charge is 0.466 e. The second-order valence-corrected chi connectivity index (χ2v) is 6.14. The highest BCUT2D eigenvalue weighted by Gasteiger charge is 2.00. The monoisotopic (exact) mass is 322 g/mol. The number of carbonyl (C=O) groups is 1. The molecule has 0 aliphatic rings. The first-order valence-electron chi connectivity index (χ1n) is 9.76. The lowest BCUT2D eigenvalue weighted by Gasteiger charge is -2.02. The first-order valence-corrected chi connectivity index (χ1v) is 9.76. The van der Waals surface area contributed by atoms with Crippen molar-refractivity contribution in [1.29, 1.82) is 0 Å². The van der Waals surface area contributed by atoms with E-state index in [2.05, 4.69) is 31.2 Å². The maximum absolute atomic E-state index is 11.2. The number of esters is 1. The van der Waals surface area contributed by atoms with E-state index in [1.807, 2.05) is 6.92 Å². The molecule has 0 rings (SSSR count). The summed E-state index contributed by atoms with van der Waals surface area (Å²) in [5.74, 6) is -0.0444. The highest BCUT2D eigenvalue weighted by atomic mass is 16.5. The van der Waals surface area contributed by atoms with Gasteiger partial charge in [-0.25, -0.2) is 0 Å². The topological polar surface area (TPSA) is 26.3 Å². The van der Waals surface area contributed by atoms with E-state index < -0.39 is 0 Å². The molecule has 0 amide bonds. The number of allylic oxidation sites excluding steroid dienone is 4. The van der Waals surface area contributed by atoms with Crippen LogP contribution in [0.4, 0.5) is 0 Å². The first-order chi connectivity index (χ1) is 11.3. The minimum absolute atomic E-state index is 0.0444. The lowest BCUT2D eigenvalue weighted by atomic mass is 10.1. The summed E-state index contributed by atoms with van der Waals surface area (Å²) in [5.41, 5.74) is 0. The van der Waals surface area contributed by atoms with Crippen molar-refractivity contribution in [2.75, 3.05) is 6.61 Å². The molecule has 0 aliphatic carbocycles. The first kappa shape index (κ1) is 21.9. The normalized spacial score (nSPS) is 11.6. The molecule has 0 aliphatic heterocycles. The van der Waals surface area contributed by atoms with Crippen molar-refractivity contribution >= 4 is 5.97 Å². The van der Waals surface area contributed by atoms with Gasteiger partial charge in [-0.05, 0) is 45.4 Å². The number of rotatable bonds is 16. The Morgan fingerprint density at radius 2 is 1.30 bits per heavy atom. The van der Waals surface area contributed by atoms with Crippen molar-refractivity contribution in [2.24, 2.45) is 0 Å². The van der Waals surface area contributed by atoms with E-state index in [0.717, 1.165) is 19.3 Å². The minimum Gasteiger partial charge on any atom is -0.466 e. The van der Waals surface area contributed by atoms with Crippen LogP contribution in [-0.2, 0) is 9.53 Å². The highest BCUT2D eigenvalue weighted by molar-refractivity contribution is 5.69. The molecule has 0 saturated carbocycles. The van der Waals surface area contributed by atoms with Gasteiger partial charge in [0, 0.05) is 6.42 Å². The fourth-order valence-corrected chi connectivity index (χ4v) is 2.49. The fourth-order valence-electron chi connectivity index (χ4n) is 2.49. The third kappa shape index (κ3) is 18.9. The Kier molecular flexibility index (Phi) is 18.1. The second kappa shape index (κ2) is 19.0. The lowest BCUT2D eigenvalue weighted by Crippen LogP contribution is -2.03. The number of hydrogen-bond acceptors (Lipinski definition) is 2. The summed E-state index contributed by atoms with van der Waals surface area (Å²) in [6, 6.07) is 0. The molecule has 0 unspecified atom stereocenters. The zero-order valence-electron chi connectivity index (χ0n) is 15.5. The van der Waals surface area contributed by atoms with Gasteiger partial charge in [-0.1, -0.05) is 69.8 Å². The average molecular weight is 323 g/mol. The van der Waals surface area contributed by atoms with Gasteiger partial charge in [-0.2, -0.15) is 0 Å². The van der Waals surface area contributed by atoms with Gasteiger partial charge in [-0.3, -0.25) is 4.79 Å². The molecule has 0 bridgehead atoms. The molecule has 0 aromatic heterocycles. The molecule has 23 heavy (non-hydrogen) atoms. The van der Waals surface area contributed by atoms with Gasteiger partial charge in [0.15, 0.2) is 0 Å². The molecule has 0 radical (unpaired) electrons. The molecule has 0 spiro atoms. The van der Waals surface area contributed by atoms with Gasteiger partial charge in [0.1, 0.15) is 0 Å². The lowest BCUT2D eigenvalue weighted by molar-refractivity contribution is -0.143. The van der Waals surface area contributed by atoms with E-state index in [0.29, 0.717) is 13.0 Å². The Labute approximate surface area is 144 Å². The molecule has 0 N–H and O–H groups in total.